The Balaban J connectivity index is 1.61. The first-order valence-corrected chi connectivity index (χ1v) is 8.89. The highest BCUT2D eigenvalue weighted by Gasteiger charge is 2.45. The minimum atomic E-state index is 0.0213. The van der Waals surface area contributed by atoms with E-state index in [1.807, 2.05) is 0 Å². The van der Waals surface area contributed by atoms with E-state index >= 15 is 0 Å². The maximum atomic E-state index is 9.86. The second kappa shape index (κ2) is 6.33. The molecule has 0 aromatic heterocycles. The summed E-state index contributed by atoms with van der Waals surface area (Å²) in [6, 6.07) is 1.59. The summed E-state index contributed by atoms with van der Waals surface area (Å²) in [5, 5.41) is 13.5. The number of fused-ring (bicyclic) bond motifs is 1. The van der Waals surface area contributed by atoms with Crippen LogP contribution in [0.3, 0.4) is 0 Å². The molecule has 3 fully saturated rings. The predicted molar refractivity (Wildman–Crippen MR) is 82.8 cm³/mol. The fourth-order valence-corrected chi connectivity index (χ4v) is 5.03. The Morgan fingerprint density at radius 2 is 2.05 bits per heavy atom. The van der Waals surface area contributed by atoms with Crippen molar-refractivity contribution in [1.29, 1.82) is 0 Å². The van der Waals surface area contributed by atoms with E-state index in [0.717, 1.165) is 43.8 Å². The molecule has 2 saturated carbocycles. The third-order valence-electron chi connectivity index (χ3n) is 6.16. The highest BCUT2D eigenvalue weighted by atomic mass is 16.3. The van der Waals surface area contributed by atoms with Crippen molar-refractivity contribution in [2.24, 2.45) is 5.92 Å². The predicted octanol–water partition coefficient (Wildman–Crippen LogP) is 2.53. The van der Waals surface area contributed by atoms with E-state index in [1.54, 1.807) is 0 Å². The summed E-state index contributed by atoms with van der Waals surface area (Å²) in [4.78, 5) is 2.83. The lowest BCUT2D eigenvalue weighted by Crippen LogP contribution is -2.49. The summed E-state index contributed by atoms with van der Waals surface area (Å²) in [5.74, 6) is 0.983. The monoisotopic (exact) mass is 280 g/mol. The first-order chi connectivity index (χ1) is 9.78. The molecule has 2 aliphatic carbocycles. The Bertz CT molecular complexity index is 322. The maximum Gasteiger partial charge on any atom is 0.0613 e. The van der Waals surface area contributed by atoms with Gasteiger partial charge in [-0.3, -0.25) is 4.90 Å². The van der Waals surface area contributed by atoms with E-state index in [2.05, 4.69) is 17.1 Å². The number of aliphatic hydroxyl groups is 1. The average Bonchev–Trinajstić information content (AvgIpc) is 3.09. The molecule has 116 valence electrons. The van der Waals surface area contributed by atoms with Crippen molar-refractivity contribution in [1.82, 2.24) is 10.2 Å². The van der Waals surface area contributed by atoms with Gasteiger partial charge in [-0.1, -0.05) is 19.8 Å². The van der Waals surface area contributed by atoms with Crippen LogP contribution in [0.15, 0.2) is 0 Å². The summed E-state index contributed by atoms with van der Waals surface area (Å²) in [6.45, 7) is 4.87. The van der Waals surface area contributed by atoms with E-state index in [9.17, 15) is 5.11 Å². The topological polar surface area (TPSA) is 35.5 Å². The minimum Gasteiger partial charge on any atom is -0.394 e. The Hall–Kier alpha value is -0.120. The molecule has 0 aromatic carbocycles. The lowest BCUT2D eigenvalue weighted by Gasteiger charge is -2.37. The van der Waals surface area contributed by atoms with Crippen molar-refractivity contribution in [2.45, 2.75) is 82.3 Å². The Kier molecular flexibility index (Phi) is 4.68. The number of nitrogens with zero attached hydrogens (tertiary/aromatic N) is 1. The molecule has 1 saturated heterocycles. The average molecular weight is 280 g/mol. The molecule has 0 aromatic rings. The quantitative estimate of drug-likeness (QED) is 0.812. The molecular formula is C17H32N2O. The van der Waals surface area contributed by atoms with Gasteiger partial charge in [0.05, 0.1) is 6.61 Å². The highest BCUT2D eigenvalue weighted by molar-refractivity contribution is 5.03. The second-order valence-corrected chi connectivity index (χ2v) is 7.40. The van der Waals surface area contributed by atoms with Gasteiger partial charge in [0.2, 0.25) is 0 Å². The molecule has 4 atom stereocenters. The lowest BCUT2D eigenvalue weighted by atomic mass is 9.85. The van der Waals surface area contributed by atoms with Gasteiger partial charge in [-0.25, -0.2) is 0 Å². The number of rotatable bonds is 5. The third-order valence-corrected chi connectivity index (χ3v) is 6.16. The van der Waals surface area contributed by atoms with Crippen LogP contribution in [-0.2, 0) is 0 Å². The van der Waals surface area contributed by atoms with Crippen LogP contribution < -0.4 is 5.32 Å². The minimum absolute atomic E-state index is 0.0213. The summed E-state index contributed by atoms with van der Waals surface area (Å²) in [5.41, 5.74) is 0.0213. The summed E-state index contributed by atoms with van der Waals surface area (Å²) in [6.07, 6.45) is 12.0. The van der Waals surface area contributed by atoms with Gasteiger partial charge in [0.1, 0.15) is 0 Å². The van der Waals surface area contributed by atoms with Crippen LogP contribution in [0.5, 0.6) is 0 Å². The summed E-state index contributed by atoms with van der Waals surface area (Å²) < 4.78 is 0. The van der Waals surface area contributed by atoms with Gasteiger partial charge in [0.25, 0.3) is 0 Å². The molecule has 4 unspecified atom stereocenters. The van der Waals surface area contributed by atoms with E-state index in [-0.39, 0.29) is 5.54 Å². The van der Waals surface area contributed by atoms with Crippen LogP contribution in [-0.4, -0.2) is 47.3 Å². The molecule has 0 bridgehead atoms. The fourth-order valence-electron chi connectivity index (χ4n) is 5.03. The highest BCUT2D eigenvalue weighted by Crippen LogP contribution is 2.42. The van der Waals surface area contributed by atoms with Gasteiger partial charge in [0, 0.05) is 17.6 Å². The first-order valence-electron chi connectivity index (χ1n) is 8.89. The molecule has 1 heterocycles. The van der Waals surface area contributed by atoms with E-state index < -0.39 is 0 Å². The van der Waals surface area contributed by atoms with Gasteiger partial charge in [-0.15, -0.1) is 0 Å². The van der Waals surface area contributed by atoms with E-state index in [0.29, 0.717) is 6.61 Å². The molecule has 3 aliphatic rings. The van der Waals surface area contributed by atoms with Crippen molar-refractivity contribution in [2.75, 3.05) is 19.7 Å². The van der Waals surface area contributed by atoms with Crippen molar-refractivity contribution >= 4 is 0 Å². The van der Waals surface area contributed by atoms with Crippen LogP contribution in [0, 0.1) is 5.92 Å². The molecule has 3 heteroatoms. The number of likely N-dealkylation sites (tertiary alicyclic amines) is 1. The Morgan fingerprint density at radius 3 is 2.85 bits per heavy atom. The van der Waals surface area contributed by atoms with Gasteiger partial charge < -0.3 is 10.4 Å². The van der Waals surface area contributed by atoms with Gasteiger partial charge in [-0.2, -0.15) is 0 Å². The molecule has 0 amide bonds. The van der Waals surface area contributed by atoms with Crippen LogP contribution >= 0.6 is 0 Å². The van der Waals surface area contributed by atoms with Crippen molar-refractivity contribution in [3.05, 3.63) is 0 Å². The molecule has 0 spiro atoms. The summed E-state index contributed by atoms with van der Waals surface area (Å²) in [7, 11) is 0. The van der Waals surface area contributed by atoms with Gasteiger partial charge >= 0.3 is 0 Å². The van der Waals surface area contributed by atoms with Crippen LogP contribution in [0.2, 0.25) is 0 Å². The molecular weight excluding hydrogens is 248 g/mol. The zero-order valence-corrected chi connectivity index (χ0v) is 13.1. The largest absolute Gasteiger partial charge is 0.394 e. The third kappa shape index (κ3) is 2.77. The smallest absolute Gasteiger partial charge is 0.0613 e. The van der Waals surface area contributed by atoms with Crippen LogP contribution in [0.25, 0.3) is 0 Å². The fraction of sp³-hybridized carbons (Fsp3) is 1.00. The van der Waals surface area contributed by atoms with Crippen molar-refractivity contribution in [3.8, 4) is 0 Å². The molecule has 3 rings (SSSR count). The Morgan fingerprint density at radius 1 is 1.20 bits per heavy atom. The second-order valence-electron chi connectivity index (χ2n) is 7.40. The van der Waals surface area contributed by atoms with Crippen LogP contribution in [0.1, 0.15) is 64.7 Å². The lowest BCUT2D eigenvalue weighted by molar-refractivity contribution is 0.114. The maximum absolute atomic E-state index is 9.86. The van der Waals surface area contributed by atoms with Crippen LogP contribution in [0.4, 0.5) is 0 Å². The molecule has 1 aliphatic heterocycles. The van der Waals surface area contributed by atoms with Gasteiger partial charge in [-0.05, 0) is 64.0 Å². The molecule has 2 N–H and O–H groups in total. The number of hydrogen-bond donors (Lipinski definition) is 2. The zero-order valence-electron chi connectivity index (χ0n) is 13.1. The first kappa shape index (κ1) is 14.8. The standard InChI is InChI=1S/C17H32N2O/c1-2-10-18-17(13-20)9-7-15(12-17)19-11-8-14-5-3-4-6-16(14)19/h14-16,18,20H,2-13H2,1H3. The van der Waals surface area contributed by atoms with Crippen molar-refractivity contribution in [3.63, 3.8) is 0 Å². The molecule has 3 nitrogen and oxygen atoms in total. The van der Waals surface area contributed by atoms with Crippen molar-refractivity contribution < 1.29 is 5.11 Å². The zero-order chi connectivity index (χ0) is 14.0. The normalized spacial score (nSPS) is 42.0. The number of aliphatic hydroxyl groups excluding tert-OH is 1. The van der Waals surface area contributed by atoms with Gasteiger partial charge in [0.15, 0.2) is 0 Å². The number of hydrogen-bond acceptors (Lipinski definition) is 3. The summed E-state index contributed by atoms with van der Waals surface area (Å²) >= 11 is 0. The Labute approximate surface area is 124 Å². The van der Waals surface area contributed by atoms with E-state index in [4.69, 9.17) is 0 Å². The molecule has 0 radical (unpaired) electrons. The number of nitrogens with one attached hydrogen (secondary N) is 1. The van der Waals surface area contributed by atoms with E-state index in [1.165, 1.54) is 45.1 Å². The molecule has 20 heavy (non-hydrogen) atoms. The SMILES string of the molecule is CCCNC1(CO)CCC(N2CCC3CCCCC32)C1.